The number of benzene rings is 2. The first kappa shape index (κ1) is 22.3. The van der Waals surface area contributed by atoms with Crippen LogP contribution in [0.1, 0.15) is 29.5 Å². The minimum atomic E-state index is 0.0342. The van der Waals surface area contributed by atoms with Crippen LogP contribution in [0.15, 0.2) is 59.6 Å². The zero-order valence-corrected chi connectivity index (χ0v) is 17.9. The van der Waals surface area contributed by atoms with Crippen molar-refractivity contribution in [2.75, 3.05) is 46.0 Å². The number of hydrogen-bond donors (Lipinski definition) is 3. The van der Waals surface area contributed by atoms with Crippen LogP contribution in [0.5, 0.6) is 0 Å². The highest BCUT2D eigenvalue weighted by Gasteiger charge is 2.12. The predicted molar refractivity (Wildman–Crippen MR) is 122 cm³/mol. The molecule has 2 aromatic rings. The van der Waals surface area contributed by atoms with Gasteiger partial charge in [0.15, 0.2) is 5.96 Å². The molecule has 1 aliphatic heterocycles. The van der Waals surface area contributed by atoms with Crippen LogP contribution in [0, 0.1) is 0 Å². The largest absolute Gasteiger partial charge is 0.396 e. The van der Waals surface area contributed by atoms with Crippen molar-refractivity contribution in [2.24, 2.45) is 4.99 Å². The van der Waals surface area contributed by atoms with Gasteiger partial charge in [-0.2, -0.15) is 0 Å². The first-order valence-corrected chi connectivity index (χ1v) is 10.8. The minimum absolute atomic E-state index is 0.0342. The molecule has 0 bridgehead atoms. The molecule has 0 radical (unpaired) electrons. The number of guanidine groups is 1. The number of rotatable bonds is 9. The molecule has 2 aromatic carbocycles. The van der Waals surface area contributed by atoms with Crippen molar-refractivity contribution in [3.8, 4) is 0 Å². The van der Waals surface area contributed by atoms with Gasteiger partial charge in [0.25, 0.3) is 0 Å². The molecule has 6 heteroatoms. The van der Waals surface area contributed by atoms with Crippen molar-refractivity contribution in [3.05, 3.63) is 71.3 Å². The van der Waals surface area contributed by atoms with Crippen molar-refractivity contribution in [1.82, 2.24) is 15.5 Å². The molecule has 0 amide bonds. The van der Waals surface area contributed by atoms with Crippen LogP contribution < -0.4 is 10.6 Å². The molecular formula is C24H34N4O2. The van der Waals surface area contributed by atoms with Crippen LogP contribution in [0.3, 0.4) is 0 Å². The Labute approximate surface area is 180 Å². The third-order valence-electron chi connectivity index (χ3n) is 5.27. The normalized spacial score (nSPS) is 16.3. The number of aliphatic hydroxyl groups excluding tert-OH is 1. The number of nitrogens with one attached hydrogen (secondary N) is 2. The summed E-state index contributed by atoms with van der Waals surface area (Å²) in [5, 5.41) is 16.5. The Kier molecular flexibility index (Phi) is 9.15. The summed E-state index contributed by atoms with van der Waals surface area (Å²) < 4.78 is 5.44. The molecule has 1 fully saturated rings. The van der Waals surface area contributed by atoms with E-state index in [1.165, 1.54) is 11.1 Å². The second kappa shape index (κ2) is 12.3. The van der Waals surface area contributed by atoms with E-state index in [1.54, 1.807) is 0 Å². The zero-order chi connectivity index (χ0) is 21.0. The number of morpholine rings is 1. The number of aliphatic hydroxyl groups is 1. The van der Waals surface area contributed by atoms with Gasteiger partial charge in [-0.3, -0.25) is 4.90 Å². The first-order valence-electron chi connectivity index (χ1n) is 10.8. The standard InChI is InChI=1S/C24H34N4O2/c1-2-25-24(27-17-23(19-29)22-9-4-3-5-10-22)26-16-20-7-6-8-21(15-20)18-28-11-13-30-14-12-28/h3-10,15,23,29H,2,11-14,16-19H2,1H3,(H2,25,26,27). The Balaban J connectivity index is 1.57. The molecule has 0 saturated carbocycles. The van der Waals surface area contributed by atoms with Crippen LogP contribution in [-0.2, 0) is 17.8 Å². The predicted octanol–water partition coefficient (Wildman–Crippen LogP) is 2.35. The Bertz CT molecular complexity index is 776. The van der Waals surface area contributed by atoms with Crippen molar-refractivity contribution in [3.63, 3.8) is 0 Å². The molecule has 30 heavy (non-hydrogen) atoms. The van der Waals surface area contributed by atoms with Gasteiger partial charge in [0, 0.05) is 38.6 Å². The summed E-state index contributed by atoms with van der Waals surface area (Å²) in [4.78, 5) is 7.18. The van der Waals surface area contributed by atoms with E-state index in [-0.39, 0.29) is 12.5 Å². The molecule has 0 aliphatic carbocycles. The molecule has 3 rings (SSSR count). The topological polar surface area (TPSA) is 69.1 Å². The highest BCUT2D eigenvalue weighted by atomic mass is 16.5. The van der Waals surface area contributed by atoms with Crippen molar-refractivity contribution < 1.29 is 9.84 Å². The van der Waals surface area contributed by atoms with E-state index in [4.69, 9.17) is 9.73 Å². The van der Waals surface area contributed by atoms with Crippen LogP contribution in [-0.4, -0.2) is 62.0 Å². The van der Waals surface area contributed by atoms with E-state index < -0.39 is 0 Å². The maximum absolute atomic E-state index is 9.78. The fraction of sp³-hybridized carbons (Fsp3) is 0.458. The van der Waals surface area contributed by atoms with Gasteiger partial charge in [-0.25, -0.2) is 4.99 Å². The fourth-order valence-corrected chi connectivity index (χ4v) is 3.59. The molecule has 6 nitrogen and oxygen atoms in total. The van der Waals surface area contributed by atoms with Gasteiger partial charge in [-0.15, -0.1) is 0 Å². The highest BCUT2D eigenvalue weighted by molar-refractivity contribution is 5.79. The second-order valence-electron chi connectivity index (χ2n) is 7.57. The third kappa shape index (κ3) is 7.13. The summed E-state index contributed by atoms with van der Waals surface area (Å²) in [7, 11) is 0. The molecule has 1 unspecified atom stereocenters. The van der Waals surface area contributed by atoms with Crippen molar-refractivity contribution in [1.29, 1.82) is 0 Å². The average molecular weight is 411 g/mol. The van der Waals surface area contributed by atoms with Crippen LogP contribution >= 0.6 is 0 Å². The Morgan fingerprint density at radius 1 is 1.07 bits per heavy atom. The van der Waals surface area contributed by atoms with Crippen LogP contribution in [0.25, 0.3) is 0 Å². The summed E-state index contributed by atoms with van der Waals surface area (Å²) in [6.45, 7) is 8.76. The maximum Gasteiger partial charge on any atom is 0.191 e. The molecule has 1 atom stereocenters. The fourth-order valence-electron chi connectivity index (χ4n) is 3.59. The van der Waals surface area contributed by atoms with Crippen LogP contribution in [0.4, 0.5) is 0 Å². The van der Waals surface area contributed by atoms with Gasteiger partial charge in [-0.05, 0) is 23.6 Å². The Hall–Kier alpha value is -2.41. The third-order valence-corrected chi connectivity index (χ3v) is 5.27. The molecule has 3 N–H and O–H groups in total. The summed E-state index contributed by atoms with van der Waals surface area (Å²) in [5.74, 6) is 0.803. The van der Waals surface area contributed by atoms with Gasteiger partial charge < -0.3 is 20.5 Å². The van der Waals surface area contributed by atoms with E-state index in [0.29, 0.717) is 13.1 Å². The molecule has 1 aliphatic rings. The lowest BCUT2D eigenvalue weighted by Gasteiger charge is -2.26. The lowest BCUT2D eigenvalue weighted by atomic mass is 10.0. The Morgan fingerprint density at radius 2 is 1.83 bits per heavy atom. The molecule has 0 spiro atoms. The lowest BCUT2D eigenvalue weighted by molar-refractivity contribution is 0.0342. The van der Waals surface area contributed by atoms with Gasteiger partial charge in [-0.1, -0.05) is 54.6 Å². The average Bonchev–Trinajstić information content (AvgIpc) is 2.79. The summed E-state index contributed by atoms with van der Waals surface area (Å²) in [5.41, 5.74) is 3.63. The molecule has 1 saturated heterocycles. The molecule has 162 valence electrons. The number of hydrogen-bond acceptors (Lipinski definition) is 4. The highest BCUT2D eigenvalue weighted by Crippen LogP contribution is 2.14. The first-order chi connectivity index (χ1) is 14.8. The maximum atomic E-state index is 9.78. The summed E-state index contributed by atoms with van der Waals surface area (Å²) in [6.07, 6.45) is 0. The van der Waals surface area contributed by atoms with E-state index in [0.717, 1.165) is 50.9 Å². The van der Waals surface area contributed by atoms with Gasteiger partial charge >= 0.3 is 0 Å². The second-order valence-corrected chi connectivity index (χ2v) is 7.57. The SMILES string of the molecule is CCNC(=NCc1cccc(CN2CCOCC2)c1)NCC(CO)c1ccccc1. The zero-order valence-electron chi connectivity index (χ0n) is 17.9. The van der Waals surface area contributed by atoms with E-state index in [1.807, 2.05) is 30.3 Å². The van der Waals surface area contributed by atoms with E-state index in [2.05, 4.69) is 46.7 Å². The Morgan fingerprint density at radius 3 is 2.57 bits per heavy atom. The van der Waals surface area contributed by atoms with Gasteiger partial charge in [0.1, 0.15) is 0 Å². The molecule has 0 aromatic heterocycles. The number of ether oxygens (including phenoxy) is 1. The van der Waals surface area contributed by atoms with Crippen LogP contribution in [0.2, 0.25) is 0 Å². The quantitative estimate of drug-likeness (QED) is 0.437. The smallest absolute Gasteiger partial charge is 0.191 e. The van der Waals surface area contributed by atoms with Crippen molar-refractivity contribution >= 4 is 5.96 Å². The lowest BCUT2D eigenvalue weighted by Crippen LogP contribution is -2.39. The van der Waals surface area contributed by atoms with E-state index >= 15 is 0 Å². The number of nitrogens with zero attached hydrogens (tertiary/aromatic N) is 2. The monoisotopic (exact) mass is 410 g/mol. The van der Waals surface area contributed by atoms with Gasteiger partial charge in [0.05, 0.1) is 26.4 Å². The van der Waals surface area contributed by atoms with Crippen molar-refractivity contribution in [2.45, 2.75) is 25.9 Å². The molecular weight excluding hydrogens is 376 g/mol. The number of aliphatic imine (C=N–C) groups is 1. The summed E-state index contributed by atoms with van der Waals surface area (Å²) in [6, 6.07) is 18.7. The van der Waals surface area contributed by atoms with E-state index in [9.17, 15) is 5.11 Å². The molecule has 1 heterocycles. The minimum Gasteiger partial charge on any atom is -0.396 e. The van der Waals surface area contributed by atoms with Gasteiger partial charge in [0.2, 0.25) is 0 Å². The summed E-state index contributed by atoms with van der Waals surface area (Å²) >= 11 is 0.